The summed E-state index contributed by atoms with van der Waals surface area (Å²) in [4.78, 5) is 98.9. The standard InChI is InChI=1S/C27H44N7O19P3S/c1-27(2,22(40)25(41)30-6-5-17(37)29-7-9-57-18(38)10-15(36)4-3-8-35)12-50-56(47,48)53-55(45,46)49-11-16-21(52-54(42,43)44)20(39)26(51-16)34-14-33-19-23(28)31-13-32-24(19)34/h13-14,16,20-22,26,35,39-40H,3-12H2,1-2H3,(H,29,37)(H,30,41)(H,45,46)(H,47,48)(H2,28,31,32)(H2,42,43,44). The van der Waals surface area contributed by atoms with Gasteiger partial charge < -0.3 is 56.0 Å². The summed E-state index contributed by atoms with van der Waals surface area (Å²) < 4.78 is 62.0. The molecule has 2 amide bonds. The number of rotatable bonds is 24. The van der Waals surface area contributed by atoms with Gasteiger partial charge in [-0.15, -0.1) is 0 Å². The van der Waals surface area contributed by atoms with Gasteiger partial charge in [0, 0.05) is 43.7 Å². The van der Waals surface area contributed by atoms with E-state index in [1.54, 1.807) is 0 Å². The quantitative estimate of drug-likeness (QED) is 0.0322. The van der Waals surface area contributed by atoms with E-state index >= 15 is 0 Å². The molecule has 0 radical (unpaired) electrons. The third-order valence-electron chi connectivity index (χ3n) is 7.72. The van der Waals surface area contributed by atoms with E-state index in [1.165, 1.54) is 13.8 Å². The van der Waals surface area contributed by atoms with E-state index in [9.17, 15) is 62.7 Å². The van der Waals surface area contributed by atoms with Gasteiger partial charge in [-0.25, -0.2) is 28.6 Å². The van der Waals surface area contributed by atoms with E-state index in [0.29, 0.717) is 0 Å². The Morgan fingerprint density at radius 2 is 1.72 bits per heavy atom. The Morgan fingerprint density at radius 1 is 1.04 bits per heavy atom. The average molecular weight is 896 g/mol. The topological polar surface area (TPSA) is 401 Å². The first kappa shape index (κ1) is 48.6. The fourth-order valence-electron chi connectivity index (χ4n) is 4.87. The molecule has 0 spiro atoms. The highest BCUT2D eigenvalue weighted by Gasteiger charge is 2.50. The van der Waals surface area contributed by atoms with E-state index in [2.05, 4.69) is 34.4 Å². The number of phosphoric ester groups is 3. The van der Waals surface area contributed by atoms with Gasteiger partial charge in [-0.1, -0.05) is 25.6 Å². The van der Waals surface area contributed by atoms with Crippen molar-refractivity contribution in [2.24, 2.45) is 5.41 Å². The summed E-state index contributed by atoms with van der Waals surface area (Å²) >= 11 is 0.849. The van der Waals surface area contributed by atoms with E-state index in [1.807, 2.05) is 0 Å². The lowest BCUT2D eigenvalue weighted by atomic mass is 9.87. The number of nitrogen functional groups attached to an aromatic ring is 1. The van der Waals surface area contributed by atoms with Crippen molar-refractivity contribution in [3.05, 3.63) is 12.7 Å². The highest BCUT2D eigenvalue weighted by molar-refractivity contribution is 8.13. The number of ether oxygens (including phenoxy) is 1. The molecule has 26 nitrogen and oxygen atoms in total. The van der Waals surface area contributed by atoms with Gasteiger partial charge in [0.25, 0.3) is 0 Å². The number of aromatic nitrogens is 4. The number of carbonyl (C=O) groups is 4. The molecule has 11 N–H and O–H groups in total. The first-order valence-corrected chi connectivity index (χ1v) is 22.1. The van der Waals surface area contributed by atoms with Gasteiger partial charge in [-0.2, -0.15) is 4.31 Å². The Kier molecular flexibility index (Phi) is 17.8. The normalized spacial score (nSPS) is 21.4. The van der Waals surface area contributed by atoms with E-state index in [0.717, 1.165) is 29.0 Å². The number of imidazole rings is 1. The number of nitrogens with one attached hydrogen (secondary N) is 2. The SMILES string of the molecule is CC(C)(COP(=O)(O)OP(=O)(O)OCC1OC(n2cnc3c(N)ncnc32)C(O)C1OP(=O)(O)O)C(O)C(=O)NCCC(=O)NCCSC(=O)CC(=O)CCCO. The predicted molar refractivity (Wildman–Crippen MR) is 193 cm³/mol. The maximum Gasteiger partial charge on any atom is 0.481 e. The Bertz CT molecular complexity index is 1880. The third kappa shape index (κ3) is 15.4. The molecule has 1 saturated heterocycles. The number of ketones is 1. The van der Waals surface area contributed by atoms with Gasteiger partial charge in [0.1, 0.15) is 42.0 Å². The molecule has 7 unspecified atom stereocenters. The lowest BCUT2D eigenvalue weighted by Crippen LogP contribution is -2.46. The molecule has 3 rings (SSSR count). The Labute approximate surface area is 327 Å². The molecule has 2 aromatic heterocycles. The van der Waals surface area contributed by atoms with Crippen LogP contribution in [0.2, 0.25) is 0 Å². The van der Waals surface area contributed by atoms with Gasteiger partial charge >= 0.3 is 23.5 Å². The molecule has 322 valence electrons. The number of anilines is 1. The molecule has 7 atom stereocenters. The van der Waals surface area contributed by atoms with Gasteiger partial charge in [-0.3, -0.25) is 37.3 Å². The highest BCUT2D eigenvalue weighted by Crippen LogP contribution is 2.61. The van der Waals surface area contributed by atoms with Crippen LogP contribution in [-0.2, 0) is 55.5 Å². The van der Waals surface area contributed by atoms with Crippen LogP contribution in [-0.4, -0.2) is 140 Å². The first-order valence-electron chi connectivity index (χ1n) is 16.6. The second-order valence-corrected chi connectivity index (χ2v) is 18.2. The number of aliphatic hydroxyl groups is 3. The molecular formula is C27H44N7O19P3S. The summed E-state index contributed by atoms with van der Waals surface area (Å²) in [6, 6.07) is 0. The molecule has 0 aliphatic carbocycles. The number of Topliss-reactive ketones (excluding diaryl/α,β-unsaturated/α-hetero) is 1. The van der Waals surface area contributed by atoms with Crippen LogP contribution in [0, 0.1) is 5.41 Å². The van der Waals surface area contributed by atoms with Crippen LogP contribution in [0.1, 0.15) is 45.8 Å². The Hall–Kier alpha value is -2.81. The number of nitrogens with two attached hydrogens (primary N) is 1. The monoisotopic (exact) mass is 895 g/mol. The fourth-order valence-corrected chi connectivity index (χ4v) is 8.40. The number of hydrogen-bond donors (Lipinski definition) is 10. The van der Waals surface area contributed by atoms with Crippen LogP contribution < -0.4 is 16.4 Å². The first-order chi connectivity index (χ1) is 26.4. The number of fused-ring (bicyclic) bond motifs is 1. The molecule has 0 aromatic carbocycles. The maximum atomic E-state index is 12.7. The summed E-state index contributed by atoms with van der Waals surface area (Å²) in [5.74, 6) is -1.70. The zero-order valence-electron chi connectivity index (χ0n) is 30.3. The van der Waals surface area contributed by atoms with Gasteiger partial charge in [0.2, 0.25) is 11.8 Å². The van der Waals surface area contributed by atoms with Crippen molar-refractivity contribution in [1.29, 1.82) is 0 Å². The minimum absolute atomic E-state index is 0.0203. The number of aliphatic hydroxyl groups excluding tert-OH is 3. The average Bonchev–Trinajstić information content (AvgIpc) is 3.67. The molecule has 3 heterocycles. The molecule has 0 bridgehead atoms. The van der Waals surface area contributed by atoms with Crippen LogP contribution in [0.3, 0.4) is 0 Å². The Balaban J connectivity index is 1.47. The van der Waals surface area contributed by atoms with Crippen molar-refractivity contribution in [2.75, 3.05) is 44.4 Å². The summed E-state index contributed by atoms with van der Waals surface area (Å²) in [7, 11) is -16.4. The zero-order chi connectivity index (χ0) is 42.8. The number of hydrogen-bond acceptors (Lipinski definition) is 20. The largest absolute Gasteiger partial charge is 0.481 e. The van der Waals surface area contributed by atoms with Crippen LogP contribution >= 0.6 is 35.2 Å². The van der Waals surface area contributed by atoms with Crippen molar-refractivity contribution in [1.82, 2.24) is 30.2 Å². The van der Waals surface area contributed by atoms with Crippen LogP contribution in [0.25, 0.3) is 11.2 Å². The van der Waals surface area contributed by atoms with Gasteiger partial charge in [0.15, 0.2) is 22.8 Å². The van der Waals surface area contributed by atoms with Crippen LogP contribution in [0.4, 0.5) is 5.82 Å². The van der Waals surface area contributed by atoms with E-state index < -0.39 is 84.6 Å². The van der Waals surface area contributed by atoms with Crippen LogP contribution in [0.15, 0.2) is 12.7 Å². The molecule has 1 aliphatic rings. The molecule has 0 saturated carbocycles. The number of thioether (sulfide) groups is 1. The molecule has 57 heavy (non-hydrogen) atoms. The minimum atomic E-state index is -5.59. The third-order valence-corrected chi connectivity index (χ3v) is 11.7. The molecule has 30 heteroatoms. The molecule has 1 fully saturated rings. The lowest BCUT2D eigenvalue weighted by Gasteiger charge is -2.30. The second kappa shape index (κ2) is 20.9. The molecular weight excluding hydrogens is 851 g/mol. The van der Waals surface area contributed by atoms with Crippen molar-refractivity contribution >= 4 is 74.9 Å². The number of carbonyl (C=O) groups excluding carboxylic acids is 4. The van der Waals surface area contributed by atoms with Crippen molar-refractivity contribution in [3.8, 4) is 0 Å². The number of phosphoric acid groups is 3. The summed E-state index contributed by atoms with van der Waals surface area (Å²) in [6.45, 7) is 0.0579. The Morgan fingerprint density at radius 3 is 2.39 bits per heavy atom. The predicted octanol–water partition coefficient (Wildman–Crippen LogP) is -1.60. The lowest BCUT2D eigenvalue weighted by molar-refractivity contribution is -0.137. The minimum Gasteiger partial charge on any atom is -0.396 e. The maximum absolute atomic E-state index is 12.7. The summed E-state index contributed by atoms with van der Waals surface area (Å²) in [6.07, 6.45) is -7.03. The van der Waals surface area contributed by atoms with Crippen molar-refractivity contribution < 1.29 is 90.4 Å². The summed E-state index contributed by atoms with van der Waals surface area (Å²) in [5.41, 5.74) is 4.20. The molecule has 2 aromatic rings. The zero-order valence-corrected chi connectivity index (χ0v) is 33.8. The van der Waals surface area contributed by atoms with Crippen molar-refractivity contribution in [2.45, 2.75) is 70.2 Å². The van der Waals surface area contributed by atoms with E-state index in [4.69, 9.17) is 24.6 Å². The van der Waals surface area contributed by atoms with Gasteiger partial charge in [0.05, 0.1) is 26.0 Å². The smallest absolute Gasteiger partial charge is 0.396 e. The second-order valence-electron chi connectivity index (χ2n) is 12.8. The highest BCUT2D eigenvalue weighted by atomic mass is 32.2. The van der Waals surface area contributed by atoms with Crippen LogP contribution in [0.5, 0.6) is 0 Å². The molecule has 1 aliphatic heterocycles. The van der Waals surface area contributed by atoms with Crippen molar-refractivity contribution in [3.63, 3.8) is 0 Å². The number of nitrogens with zero attached hydrogens (tertiary/aromatic N) is 4. The summed E-state index contributed by atoms with van der Waals surface area (Å²) in [5, 5.41) is 34.6. The number of amides is 2. The fraction of sp³-hybridized carbons (Fsp3) is 0.667. The van der Waals surface area contributed by atoms with E-state index in [-0.39, 0.29) is 79.0 Å². The van der Waals surface area contributed by atoms with Gasteiger partial charge in [-0.05, 0) is 6.42 Å².